The van der Waals surface area contributed by atoms with Gasteiger partial charge in [0.1, 0.15) is 5.75 Å². The second kappa shape index (κ2) is 6.57. The number of ether oxygens (including phenoxy) is 1. The molecule has 0 saturated carbocycles. The van der Waals surface area contributed by atoms with Gasteiger partial charge >= 0.3 is 0 Å². The Hall–Kier alpha value is -2.66. The van der Waals surface area contributed by atoms with Gasteiger partial charge < -0.3 is 13.9 Å². The number of carbonyl (C=O) groups excluding carboxylic acids is 1. The first kappa shape index (κ1) is 16.8. The molecule has 0 aromatic heterocycles. The molecule has 0 fully saturated rings. The van der Waals surface area contributed by atoms with Crippen LogP contribution in [-0.4, -0.2) is 26.6 Å². The van der Waals surface area contributed by atoms with Gasteiger partial charge in [-0.25, -0.2) is 0 Å². The predicted octanol–water partition coefficient (Wildman–Crippen LogP) is 4.97. The third-order valence-electron chi connectivity index (χ3n) is 4.73. The maximum Gasteiger partial charge on any atom is 0.258 e. The molecule has 0 spiro atoms. The number of carbonyl (C=O) groups is 1. The number of benzene rings is 3. The van der Waals surface area contributed by atoms with E-state index in [9.17, 15) is 4.79 Å². The maximum atomic E-state index is 12.6. The standard InChI is InChI=1S/C21H20N2O2S/c1-4-23-18-12-13-19(16-6-5-7-17(20(16)18)21(23)24)26-22(2)14-8-10-15(25-3)11-9-14/h5-13H,4H2,1-3H3. The summed E-state index contributed by atoms with van der Waals surface area (Å²) >= 11 is 1.66. The van der Waals surface area contributed by atoms with Crippen LogP contribution < -0.4 is 13.9 Å². The smallest absolute Gasteiger partial charge is 0.258 e. The number of hydrogen-bond donors (Lipinski definition) is 0. The summed E-state index contributed by atoms with van der Waals surface area (Å²) < 4.78 is 7.35. The van der Waals surface area contributed by atoms with Crippen LogP contribution in [0.5, 0.6) is 5.75 Å². The minimum absolute atomic E-state index is 0.0961. The van der Waals surface area contributed by atoms with E-state index >= 15 is 0 Å². The largest absolute Gasteiger partial charge is 0.497 e. The van der Waals surface area contributed by atoms with Crippen LogP contribution in [0.25, 0.3) is 10.8 Å². The van der Waals surface area contributed by atoms with Gasteiger partial charge in [0.2, 0.25) is 0 Å². The van der Waals surface area contributed by atoms with Crippen molar-refractivity contribution in [3.8, 4) is 5.75 Å². The van der Waals surface area contributed by atoms with Crippen molar-refractivity contribution < 1.29 is 9.53 Å². The van der Waals surface area contributed by atoms with Crippen molar-refractivity contribution >= 4 is 40.0 Å². The van der Waals surface area contributed by atoms with Crippen LogP contribution in [0.1, 0.15) is 17.3 Å². The SMILES string of the molecule is CCN1C(=O)c2cccc3c(SN(C)c4ccc(OC)cc4)ccc1c23. The molecule has 4 nitrogen and oxygen atoms in total. The van der Waals surface area contributed by atoms with Crippen molar-refractivity contribution in [3.63, 3.8) is 0 Å². The van der Waals surface area contributed by atoms with Crippen molar-refractivity contribution in [1.29, 1.82) is 0 Å². The zero-order chi connectivity index (χ0) is 18.3. The number of nitrogens with zero attached hydrogens (tertiary/aromatic N) is 2. The summed E-state index contributed by atoms with van der Waals surface area (Å²) in [7, 11) is 3.71. The molecular formula is C21H20N2O2S. The van der Waals surface area contributed by atoms with Gasteiger partial charge in [-0.15, -0.1) is 0 Å². The molecule has 0 N–H and O–H groups in total. The van der Waals surface area contributed by atoms with E-state index in [0.717, 1.165) is 38.4 Å². The fourth-order valence-corrected chi connectivity index (χ4v) is 4.32. The molecule has 1 heterocycles. The van der Waals surface area contributed by atoms with Gasteiger partial charge in [0.25, 0.3) is 5.91 Å². The summed E-state index contributed by atoms with van der Waals surface area (Å²) in [4.78, 5) is 15.6. The molecule has 3 aromatic rings. The third kappa shape index (κ3) is 2.59. The van der Waals surface area contributed by atoms with Crippen molar-refractivity contribution in [3.05, 3.63) is 60.2 Å². The molecule has 1 aliphatic rings. The van der Waals surface area contributed by atoms with E-state index in [1.54, 1.807) is 19.1 Å². The quantitative estimate of drug-likeness (QED) is 0.598. The first-order chi connectivity index (χ1) is 12.6. The van der Waals surface area contributed by atoms with Crippen LogP contribution in [0.4, 0.5) is 11.4 Å². The molecule has 1 aliphatic heterocycles. The minimum Gasteiger partial charge on any atom is -0.497 e. The Balaban J connectivity index is 1.72. The summed E-state index contributed by atoms with van der Waals surface area (Å²) in [6, 6.07) is 18.1. The van der Waals surface area contributed by atoms with Gasteiger partial charge in [-0.3, -0.25) is 4.79 Å². The fraction of sp³-hybridized carbons (Fsp3) is 0.190. The van der Waals surface area contributed by atoms with Gasteiger partial charge in [-0.1, -0.05) is 12.1 Å². The Morgan fingerprint density at radius 1 is 1.08 bits per heavy atom. The highest BCUT2D eigenvalue weighted by Gasteiger charge is 2.29. The monoisotopic (exact) mass is 364 g/mol. The second-order valence-electron chi connectivity index (χ2n) is 6.15. The summed E-state index contributed by atoms with van der Waals surface area (Å²) in [6.45, 7) is 2.69. The Morgan fingerprint density at radius 2 is 1.85 bits per heavy atom. The van der Waals surface area contributed by atoms with Gasteiger partial charge in [0.05, 0.1) is 12.8 Å². The molecule has 1 amide bonds. The van der Waals surface area contributed by atoms with Gasteiger partial charge in [0.15, 0.2) is 0 Å². The van der Waals surface area contributed by atoms with Gasteiger partial charge in [0, 0.05) is 35.1 Å². The minimum atomic E-state index is 0.0961. The number of hydrogen-bond acceptors (Lipinski definition) is 4. The second-order valence-corrected chi connectivity index (χ2v) is 7.32. The zero-order valence-corrected chi connectivity index (χ0v) is 15.8. The summed E-state index contributed by atoms with van der Waals surface area (Å²) in [6.07, 6.45) is 0. The van der Waals surface area contributed by atoms with E-state index in [4.69, 9.17) is 4.74 Å². The van der Waals surface area contributed by atoms with Crippen LogP contribution in [0.2, 0.25) is 0 Å². The maximum absolute atomic E-state index is 12.6. The molecule has 132 valence electrons. The van der Waals surface area contributed by atoms with Crippen LogP contribution in [0, 0.1) is 0 Å². The summed E-state index contributed by atoms with van der Waals surface area (Å²) in [5.74, 6) is 0.939. The molecule has 0 aliphatic carbocycles. The fourth-order valence-electron chi connectivity index (χ4n) is 3.41. The predicted molar refractivity (Wildman–Crippen MR) is 109 cm³/mol. The molecule has 4 rings (SSSR count). The van der Waals surface area contributed by atoms with E-state index in [1.807, 2.05) is 55.3 Å². The van der Waals surface area contributed by atoms with E-state index in [2.05, 4.69) is 22.5 Å². The number of amides is 1. The average molecular weight is 364 g/mol. The Kier molecular flexibility index (Phi) is 4.24. The molecule has 0 saturated heterocycles. The van der Waals surface area contributed by atoms with E-state index in [-0.39, 0.29) is 5.91 Å². The molecular weight excluding hydrogens is 344 g/mol. The first-order valence-electron chi connectivity index (χ1n) is 8.57. The Bertz CT molecular complexity index is 985. The van der Waals surface area contributed by atoms with Crippen LogP contribution in [0.15, 0.2) is 59.5 Å². The molecule has 5 heteroatoms. The van der Waals surface area contributed by atoms with Gasteiger partial charge in [-0.2, -0.15) is 0 Å². The van der Waals surface area contributed by atoms with E-state index < -0.39 is 0 Å². The molecule has 26 heavy (non-hydrogen) atoms. The van der Waals surface area contributed by atoms with Crippen LogP contribution >= 0.6 is 11.9 Å². The number of methoxy groups -OCH3 is 1. The van der Waals surface area contributed by atoms with Crippen LogP contribution in [-0.2, 0) is 0 Å². The highest BCUT2D eigenvalue weighted by Crippen LogP contribution is 2.42. The van der Waals surface area contributed by atoms with Gasteiger partial charge in [-0.05, 0) is 66.7 Å². The Morgan fingerprint density at radius 3 is 2.54 bits per heavy atom. The highest BCUT2D eigenvalue weighted by molar-refractivity contribution is 8.00. The molecule has 0 radical (unpaired) electrons. The third-order valence-corrected chi connectivity index (χ3v) is 5.77. The summed E-state index contributed by atoms with van der Waals surface area (Å²) in [5, 5.41) is 2.18. The lowest BCUT2D eigenvalue weighted by Crippen LogP contribution is -2.25. The lowest BCUT2D eigenvalue weighted by molar-refractivity contribution is 0.0994. The van der Waals surface area contributed by atoms with E-state index in [0.29, 0.717) is 6.54 Å². The normalized spacial score (nSPS) is 12.7. The lowest BCUT2D eigenvalue weighted by atomic mass is 10.1. The van der Waals surface area contributed by atoms with Crippen molar-refractivity contribution in [2.24, 2.45) is 0 Å². The van der Waals surface area contributed by atoms with Crippen LogP contribution in [0.3, 0.4) is 0 Å². The summed E-state index contributed by atoms with van der Waals surface area (Å²) in [5.41, 5.74) is 2.90. The van der Waals surface area contributed by atoms with Crippen molar-refractivity contribution in [1.82, 2.24) is 0 Å². The molecule has 0 unspecified atom stereocenters. The number of anilines is 2. The Labute approximate surface area is 157 Å². The van der Waals surface area contributed by atoms with E-state index in [1.165, 1.54) is 0 Å². The number of rotatable bonds is 5. The van der Waals surface area contributed by atoms with Crippen molar-refractivity contribution in [2.75, 3.05) is 29.9 Å². The molecule has 0 atom stereocenters. The lowest BCUT2D eigenvalue weighted by Gasteiger charge is -2.20. The molecule has 0 bridgehead atoms. The highest BCUT2D eigenvalue weighted by atomic mass is 32.2. The first-order valence-corrected chi connectivity index (χ1v) is 9.34. The topological polar surface area (TPSA) is 32.8 Å². The molecule has 3 aromatic carbocycles. The van der Waals surface area contributed by atoms with Crippen molar-refractivity contribution in [2.45, 2.75) is 11.8 Å². The zero-order valence-electron chi connectivity index (χ0n) is 15.0. The average Bonchev–Trinajstić information content (AvgIpc) is 2.96.